The van der Waals surface area contributed by atoms with Gasteiger partial charge in [-0.1, -0.05) is 17.7 Å². The normalized spacial score (nSPS) is 10.6. The predicted molar refractivity (Wildman–Crippen MR) is 94.5 cm³/mol. The lowest BCUT2D eigenvalue weighted by Crippen LogP contribution is -2.27. The Morgan fingerprint density at radius 3 is 3.00 bits per heavy atom. The molecular weight excluding hydrogens is 351 g/mol. The highest BCUT2D eigenvalue weighted by molar-refractivity contribution is 7.80. The molecule has 0 atom stereocenters. The van der Waals surface area contributed by atoms with Crippen LogP contribution in [0.25, 0.3) is 0 Å². The summed E-state index contributed by atoms with van der Waals surface area (Å²) in [6, 6.07) is 7.98. The summed E-state index contributed by atoms with van der Waals surface area (Å²) in [6.45, 7) is 0.936. The summed E-state index contributed by atoms with van der Waals surface area (Å²) in [7, 11) is 0. The van der Waals surface area contributed by atoms with E-state index in [2.05, 4.69) is 15.7 Å². The second-order valence-corrected chi connectivity index (χ2v) is 5.86. The molecule has 24 heavy (non-hydrogen) atoms. The van der Waals surface area contributed by atoms with Crippen LogP contribution in [-0.2, 0) is 13.1 Å². The number of thiocarbonyl (C=S) groups is 1. The molecule has 124 valence electrons. The van der Waals surface area contributed by atoms with Crippen molar-refractivity contribution in [3.63, 3.8) is 0 Å². The van der Waals surface area contributed by atoms with Crippen LogP contribution in [-0.4, -0.2) is 14.9 Å². The summed E-state index contributed by atoms with van der Waals surface area (Å²) in [5.74, 6) is 0.431. The van der Waals surface area contributed by atoms with Gasteiger partial charge in [-0.15, -0.1) is 0 Å². The SMILES string of the molecule is Fc1ccc(Cn2cc(NC(=S)NCc3ccco3)cn2)c(Cl)c1. The van der Waals surface area contributed by atoms with Crippen molar-refractivity contribution >= 4 is 34.6 Å². The second kappa shape index (κ2) is 7.46. The molecule has 2 heterocycles. The minimum absolute atomic E-state index is 0.362. The Balaban J connectivity index is 1.56. The van der Waals surface area contributed by atoms with E-state index >= 15 is 0 Å². The van der Waals surface area contributed by atoms with E-state index in [0.717, 1.165) is 17.0 Å². The minimum Gasteiger partial charge on any atom is -0.467 e. The lowest BCUT2D eigenvalue weighted by atomic mass is 10.2. The van der Waals surface area contributed by atoms with Gasteiger partial charge < -0.3 is 15.1 Å². The van der Waals surface area contributed by atoms with Crippen LogP contribution in [0.5, 0.6) is 0 Å². The summed E-state index contributed by atoms with van der Waals surface area (Å²) in [5, 5.41) is 11.1. The first-order chi connectivity index (χ1) is 11.6. The summed E-state index contributed by atoms with van der Waals surface area (Å²) >= 11 is 11.2. The molecule has 3 aromatic rings. The highest BCUT2D eigenvalue weighted by Crippen LogP contribution is 2.18. The zero-order valence-corrected chi connectivity index (χ0v) is 14.1. The maximum absolute atomic E-state index is 13.1. The van der Waals surface area contributed by atoms with Crippen LogP contribution < -0.4 is 10.6 Å². The van der Waals surface area contributed by atoms with Crippen molar-refractivity contribution in [1.82, 2.24) is 15.1 Å². The van der Waals surface area contributed by atoms with E-state index in [-0.39, 0.29) is 5.82 Å². The Morgan fingerprint density at radius 1 is 1.38 bits per heavy atom. The van der Waals surface area contributed by atoms with E-state index < -0.39 is 0 Å². The topological polar surface area (TPSA) is 55.0 Å². The Bertz CT molecular complexity index is 834. The van der Waals surface area contributed by atoms with Crippen molar-refractivity contribution in [2.45, 2.75) is 13.1 Å². The van der Waals surface area contributed by atoms with E-state index in [0.29, 0.717) is 23.2 Å². The minimum atomic E-state index is -0.362. The number of nitrogens with one attached hydrogen (secondary N) is 2. The van der Waals surface area contributed by atoms with Gasteiger partial charge in [-0.2, -0.15) is 5.10 Å². The maximum atomic E-state index is 13.1. The number of benzene rings is 1. The first-order valence-corrected chi connectivity index (χ1v) is 7.92. The first kappa shape index (κ1) is 16.5. The van der Waals surface area contributed by atoms with Gasteiger partial charge in [-0.05, 0) is 42.0 Å². The lowest BCUT2D eigenvalue weighted by Gasteiger charge is -2.07. The van der Waals surface area contributed by atoms with Crippen molar-refractivity contribution in [2.75, 3.05) is 5.32 Å². The number of rotatable bonds is 5. The predicted octanol–water partition coefficient (Wildman–Crippen LogP) is 3.80. The molecule has 0 radical (unpaired) electrons. The Kier molecular flexibility index (Phi) is 5.12. The fraction of sp³-hybridized carbons (Fsp3) is 0.125. The van der Waals surface area contributed by atoms with Gasteiger partial charge in [0.05, 0.1) is 31.2 Å². The van der Waals surface area contributed by atoms with Gasteiger partial charge >= 0.3 is 0 Å². The number of nitrogens with zero attached hydrogens (tertiary/aromatic N) is 2. The third kappa shape index (κ3) is 4.33. The number of hydrogen-bond acceptors (Lipinski definition) is 3. The number of anilines is 1. The highest BCUT2D eigenvalue weighted by Gasteiger charge is 2.06. The van der Waals surface area contributed by atoms with E-state index in [1.54, 1.807) is 29.4 Å². The molecule has 0 spiro atoms. The molecule has 2 N–H and O–H groups in total. The second-order valence-electron chi connectivity index (χ2n) is 5.05. The summed E-state index contributed by atoms with van der Waals surface area (Å²) in [5.41, 5.74) is 1.52. The molecule has 3 rings (SSSR count). The highest BCUT2D eigenvalue weighted by atomic mass is 35.5. The number of aromatic nitrogens is 2. The molecule has 2 aromatic heterocycles. The fourth-order valence-corrected chi connectivity index (χ4v) is 2.51. The van der Waals surface area contributed by atoms with Crippen molar-refractivity contribution in [3.8, 4) is 0 Å². The summed E-state index contributed by atoms with van der Waals surface area (Å²) < 4.78 is 20.0. The van der Waals surface area contributed by atoms with Gasteiger partial charge in [0.15, 0.2) is 5.11 Å². The molecule has 1 aromatic carbocycles. The molecule has 0 bridgehead atoms. The largest absolute Gasteiger partial charge is 0.467 e. The Hall–Kier alpha value is -2.38. The molecule has 0 aliphatic heterocycles. The van der Waals surface area contributed by atoms with Crippen LogP contribution >= 0.6 is 23.8 Å². The molecule has 0 fully saturated rings. The molecule has 8 heteroatoms. The van der Waals surface area contributed by atoms with Gasteiger partial charge in [0, 0.05) is 11.2 Å². The molecule has 0 aliphatic rings. The molecule has 0 saturated heterocycles. The first-order valence-electron chi connectivity index (χ1n) is 7.14. The molecular formula is C16H14ClFN4OS. The average molecular weight is 365 g/mol. The van der Waals surface area contributed by atoms with Crippen LogP contribution in [0.1, 0.15) is 11.3 Å². The monoisotopic (exact) mass is 364 g/mol. The third-order valence-electron chi connectivity index (χ3n) is 3.24. The van der Waals surface area contributed by atoms with E-state index in [1.807, 2.05) is 12.1 Å². The number of hydrogen-bond donors (Lipinski definition) is 2. The van der Waals surface area contributed by atoms with E-state index in [1.165, 1.54) is 12.1 Å². The van der Waals surface area contributed by atoms with E-state index in [4.69, 9.17) is 28.2 Å². The number of halogens is 2. The summed E-state index contributed by atoms with van der Waals surface area (Å²) in [6.07, 6.45) is 5.05. The maximum Gasteiger partial charge on any atom is 0.171 e. The fourth-order valence-electron chi connectivity index (χ4n) is 2.09. The Morgan fingerprint density at radius 2 is 2.25 bits per heavy atom. The molecule has 0 aliphatic carbocycles. The van der Waals surface area contributed by atoms with Crippen LogP contribution in [0, 0.1) is 5.82 Å². The van der Waals surface area contributed by atoms with Gasteiger partial charge in [-0.3, -0.25) is 4.68 Å². The lowest BCUT2D eigenvalue weighted by molar-refractivity contribution is 0.503. The van der Waals surface area contributed by atoms with Gasteiger partial charge in [0.2, 0.25) is 0 Å². The smallest absolute Gasteiger partial charge is 0.171 e. The van der Waals surface area contributed by atoms with Crippen LogP contribution in [0.15, 0.2) is 53.4 Å². The molecule has 5 nitrogen and oxygen atoms in total. The standard InChI is InChI=1S/C16H14ClFN4OS/c17-15-6-12(18)4-3-11(15)9-22-10-13(7-20-22)21-16(24)19-8-14-2-1-5-23-14/h1-7,10H,8-9H2,(H2,19,21,24). The van der Waals surface area contributed by atoms with Crippen molar-refractivity contribution in [3.05, 3.63) is 71.2 Å². The third-order valence-corrected chi connectivity index (χ3v) is 3.84. The zero-order valence-electron chi connectivity index (χ0n) is 12.5. The molecule has 0 unspecified atom stereocenters. The number of furan rings is 1. The molecule has 0 saturated carbocycles. The molecule has 0 amide bonds. The average Bonchev–Trinajstić information content (AvgIpc) is 3.20. The van der Waals surface area contributed by atoms with Gasteiger partial charge in [0.1, 0.15) is 11.6 Å². The van der Waals surface area contributed by atoms with Crippen molar-refractivity contribution in [1.29, 1.82) is 0 Å². The summed E-state index contributed by atoms with van der Waals surface area (Å²) in [4.78, 5) is 0. The van der Waals surface area contributed by atoms with E-state index in [9.17, 15) is 4.39 Å². The van der Waals surface area contributed by atoms with Crippen LogP contribution in [0.2, 0.25) is 5.02 Å². The van der Waals surface area contributed by atoms with Gasteiger partial charge in [0.25, 0.3) is 0 Å². The van der Waals surface area contributed by atoms with Crippen molar-refractivity contribution in [2.24, 2.45) is 0 Å². The van der Waals surface area contributed by atoms with Crippen molar-refractivity contribution < 1.29 is 8.81 Å². The Labute approximate surface area is 148 Å². The van der Waals surface area contributed by atoms with Crippen LogP contribution in [0.4, 0.5) is 10.1 Å². The van der Waals surface area contributed by atoms with Gasteiger partial charge in [-0.25, -0.2) is 4.39 Å². The quantitative estimate of drug-likeness (QED) is 0.674. The van der Waals surface area contributed by atoms with Crippen LogP contribution in [0.3, 0.4) is 0 Å². The zero-order chi connectivity index (χ0) is 16.9.